The maximum atomic E-state index is 12.9. The predicted octanol–water partition coefficient (Wildman–Crippen LogP) is -2.00. The van der Waals surface area contributed by atoms with Crippen LogP contribution in [0.15, 0.2) is 29.3 Å². The first-order valence-corrected chi connectivity index (χ1v) is 12.4. The minimum Gasteiger partial charge on any atom is -0.508 e. The highest BCUT2D eigenvalue weighted by Gasteiger charge is 2.28. The monoisotopic (exact) mass is 536 g/mol. The molecule has 0 saturated carbocycles. The number of carbonyl (C=O) groups excluding carboxylic acids is 3. The molecule has 0 aromatic heterocycles. The number of hydrogen-bond donors (Lipinski definition) is 9. The van der Waals surface area contributed by atoms with E-state index in [0.717, 1.165) is 5.56 Å². The zero-order valence-corrected chi connectivity index (χ0v) is 21.6. The highest BCUT2D eigenvalue weighted by atomic mass is 16.4. The van der Waals surface area contributed by atoms with Crippen molar-refractivity contribution in [2.75, 3.05) is 13.1 Å². The Morgan fingerprint density at radius 3 is 2.08 bits per heavy atom. The van der Waals surface area contributed by atoms with Gasteiger partial charge < -0.3 is 49.1 Å². The van der Waals surface area contributed by atoms with Crippen molar-refractivity contribution in [1.29, 1.82) is 0 Å². The van der Waals surface area contributed by atoms with Crippen LogP contribution in [0.2, 0.25) is 0 Å². The predicted molar refractivity (Wildman–Crippen MR) is 142 cm³/mol. The van der Waals surface area contributed by atoms with Crippen molar-refractivity contribution in [1.82, 2.24) is 16.0 Å². The summed E-state index contributed by atoms with van der Waals surface area (Å²) in [5, 5.41) is 26.4. The topological polar surface area (TPSA) is 261 Å². The quantitative estimate of drug-likeness (QED) is 0.0600. The maximum Gasteiger partial charge on any atom is 0.326 e. The van der Waals surface area contributed by atoms with Crippen molar-refractivity contribution in [3.8, 4) is 5.75 Å². The molecule has 0 radical (unpaired) electrons. The molecule has 14 nitrogen and oxygen atoms in total. The van der Waals surface area contributed by atoms with E-state index in [9.17, 15) is 29.4 Å². The number of nitrogens with zero attached hydrogens (tertiary/aromatic N) is 1. The van der Waals surface area contributed by atoms with E-state index < -0.39 is 47.9 Å². The summed E-state index contributed by atoms with van der Waals surface area (Å²) in [4.78, 5) is 53.7. The van der Waals surface area contributed by atoms with E-state index in [1.165, 1.54) is 19.1 Å². The van der Waals surface area contributed by atoms with Crippen LogP contribution in [0.5, 0.6) is 5.75 Å². The first-order chi connectivity index (χ1) is 17.9. The number of nitrogens with one attached hydrogen (secondary N) is 3. The van der Waals surface area contributed by atoms with E-state index in [1.807, 2.05) is 0 Å². The van der Waals surface area contributed by atoms with E-state index >= 15 is 0 Å². The normalized spacial score (nSPS) is 13.9. The number of carboxylic acids is 1. The molecule has 1 aromatic carbocycles. The molecule has 1 rings (SSSR count). The van der Waals surface area contributed by atoms with Crippen LogP contribution in [0.1, 0.15) is 44.6 Å². The fourth-order valence-electron chi connectivity index (χ4n) is 3.46. The van der Waals surface area contributed by atoms with Gasteiger partial charge >= 0.3 is 5.97 Å². The summed E-state index contributed by atoms with van der Waals surface area (Å²) in [6.45, 7) is 2.02. The molecular formula is C24H40N8O6. The van der Waals surface area contributed by atoms with Crippen molar-refractivity contribution in [3.05, 3.63) is 29.8 Å². The molecule has 0 spiro atoms. The zero-order chi connectivity index (χ0) is 28.7. The van der Waals surface area contributed by atoms with Crippen LogP contribution in [0.4, 0.5) is 0 Å². The van der Waals surface area contributed by atoms with Gasteiger partial charge in [0, 0.05) is 6.54 Å². The highest BCUT2D eigenvalue weighted by Crippen LogP contribution is 2.11. The number of carbonyl (C=O) groups is 4. The number of guanidine groups is 1. The van der Waals surface area contributed by atoms with Gasteiger partial charge in [0.2, 0.25) is 17.7 Å². The highest BCUT2D eigenvalue weighted by molar-refractivity contribution is 5.93. The third-order valence-corrected chi connectivity index (χ3v) is 5.62. The van der Waals surface area contributed by atoms with Crippen LogP contribution in [-0.2, 0) is 25.6 Å². The Labute approximate surface area is 221 Å². The van der Waals surface area contributed by atoms with Gasteiger partial charge in [-0.25, -0.2) is 4.79 Å². The number of hydrogen-bond acceptors (Lipinski definition) is 8. The summed E-state index contributed by atoms with van der Waals surface area (Å²) in [5.41, 5.74) is 22.8. The Bertz CT molecular complexity index is 952. The smallest absolute Gasteiger partial charge is 0.326 e. The average Bonchev–Trinajstić information content (AvgIpc) is 2.86. The number of unbranched alkanes of at least 4 members (excludes halogenated alkanes) is 1. The fraction of sp³-hybridized carbons (Fsp3) is 0.542. The molecule has 0 fully saturated rings. The summed E-state index contributed by atoms with van der Waals surface area (Å²) in [7, 11) is 0. The minimum absolute atomic E-state index is 0.0826. The molecule has 0 aliphatic rings. The van der Waals surface area contributed by atoms with Crippen LogP contribution in [0.25, 0.3) is 0 Å². The average molecular weight is 537 g/mol. The van der Waals surface area contributed by atoms with Crippen molar-refractivity contribution >= 4 is 29.7 Å². The molecule has 4 unspecified atom stereocenters. The molecule has 0 heterocycles. The van der Waals surface area contributed by atoms with Gasteiger partial charge in [-0.15, -0.1) is 0 Å². The number of phenolic OH excluding ortho intramolecular Hbond substituents is 1. The van der Waals surface area contributed by atoms with Gasteiger partial charge in [-0.1, -0.05) is 12.1 Å². The zero-order valence-electron chi connectivity index (χ0n) is 21.6. The molecule has 0 aliphatic heterocycles. The second-order valence-electron chi connectivity index (χ2n) is 8.90. The number of phenols is 1. The number of amides is 3. The second kappa shape index (κ2) is 16.8. The lowest BCUT2D eigenvalue weighted by Gasteiger charge is -2.24. The van der Waals surface area contributed by atoms with E-state index in [2.05, 4.69) is 20.9 Å². The van der Waals surface area contributed by atoms with Gasteiger partial charge in [0.25, 0.3) is 0 Å². The Hall–Kier alpha value is -3.91. The molecule has 4 atom stereocenters. The van der Waals surface area contributed by atoms with Gasteiger partial charge in [0.1, 0.15) is 23.9 Å². The number of aliphatic imine (C=N–C) groups is 1. The van der Waals surface area contributed by atoms with Crippen LogP contribution in [0, 0.1) is 0 Å². The van der Waals surface area contributed by atoms with E-state index in [4.69, 9.17) is 22.9 Å². The summed E-state index contributed by atoms with van der Waals surface area (Å²) in [5.74, 6) is -3.18. The third-order valence-electron chi connectivity index (χ3n) is 5.62. The second-order valence-corrected chi connectivity index (χ2v) is 8.90. The molecule has 1 aromatic rings. The molecule has 14 heteroatoms. The number of aromatic hydroxyl groups is 1. The molecule has 38 heavy (non-hydrogen) atoms. The lowest BCUT2D eigenvalue weighted by atomic mass is 10.1. The standard InChI is InChI=1S/C24H40N8O6/c1-14(30-21(35)17(26)13-15-7-9-16(33)10-8-15)20(34)31-18(6-4-12-29-24(27)28)22(36)32-19(23(37)38)5-2-3-11-25/h7-10,14,17-19,33H,2-6,11-13,25-26H2,1H3,(H,30,35)(H,31,34)(H,32,36)(H,37,38)(H4,27,28,29). The molecule has 212 valence electrons. The maximum absolute atomic E-state index is 12.9. The molecule has 0 saturated heterocycles. The lowest BCUT2D eigenvalue weighted by molar-refractivity contribution is -0.142. The van der Waals surface area contributed by atoms with Gasteiger partial charge in [-0.3, -0.25) is 19.4 Å². The van der Waals surface area contributed by atoms with Crippen molar-refractivity contribution in [2.24, 2.45) is 27.9 Å². The van der Waals surface area contributed by atoms with Crippen LogP contribution < -0.4 is 38.9 Å². The van der Waals surface area contributed by atoms with Crippen molar-refractivity contribution in [2.45, 2.75) is 69.6 Å². The SMILES string of the molecule is CC(NC(=O)C(N)Cc1ccc(O)cc1)C(=O)NC(CCCN=C(N)N)C(=O)NC(CCCCN)C(=O)O. The Morgan fingerprint density at radius 2 is 1.50 bits per heavy atom. The number of benzene rings is 1. The first kappa shape index (κ1) is 32.1. The number of nitrogens with two attached hydrogens (primary N) is 4. The minimum atomic E-state index is -1.20. The summed E-state index contributed by atoms with van der Waals surface area (Å²) < 4.78 is 0. The largest absolute Gasteiger partial charge is 0.508 e. The third kappa shape index (κ3) is 12.4. The Kier molecular flexibility index (Phi) is 14.2. The summed E-state index contributed by atoms with van der Waals surface area (Å²) in [6.07, 6.45) is 1.90. The lowest BCUT2D eigenvalue weighted by Crippen LogP contribution is -2.56. The van der Waals surface area contributed by atoms with Crippen molar-refractivity contribution in [3.63, 3.8) is 0 Å². The van der Waals surface area contributed by atoms with E-state index in [1.54, 1.807) is 12.1 Å². The number of aliphatic carboxylic acids is 1. The number of carboxylic acid groups (broad SMARTS) is 1. The molecule has 0 aliphatic carbocycles. The van der Waals surface area contributed by atoms with Crippen LogP contribution in [0.3, 0.4) is 0 Å². The van der Waals surface area contributed by atoms with Crippen molar-refractivity contribution < 1.29 is 29.4 Å². The molecule has 13 N–H and O–H groups in total. The fourth-order valence-corrected chi connectivity index (χ4v) is 3.46. The number of rotatable bonds is 17. The van der Waals surface area contributed by atoms with E-state index in [0.29, 0.717) is 25.8 Å². The van der Waals surface area contributed by atoms with Crippen LogP contribution in [-0.4, -0.2) is 77.1 Å². The Morgan fingerprint density at radius 1 is 0.895 bits per heavy atom. The molecule has 0 bridgehead atoms. The van der Waals surface area contributed by atoms with Gasteiger partial charge in [-0.2, -0.15) is 0 Å². The van der Waals surface area contributed by atoms with Crippen LogP contribution >= 0.6 is 0 Å². The van der Waals surface area contributed by atoms with Gasteiger partial charge in [-0.05, 0) is 69.7 Å². The van der Waals surface area contributed by atoms with Gasteiger partial charge in [0.05, 0.1) is 6.04 Å². The first-order valence-electron chi connectivity index (χ1n) is 12.4. The van der Waals surface area contributed by atoms with Gasteiger partial charge in [0.15, 0.2) is 5.96 Å². The van der Waals surface area contributed by atoms with E-state index in [-0.39, 0.29) is 37.5 Å². The summed E-state index contributed by atoms with van der Waals surface area (Å²) >= 11 is 0. The molecular weight excluding hydrogens is 496 g/mol. The Balaban J connectivity index is 2.80. The molecule has 3 amide bonds. The summed E-state index contributed by atoms with van der Waals surface area (Å²) in [6, 6.07) is 1.96.